The van der Waals surface area contributed by atoms with E-state index in [0.29, 0.717) is 59.5 Å². The van der Waals surface area contributed by atoms with Crippen LogP contribution < -0.4 is 20.3 Å². The fraction of sp³-hybridized carbons (Fsp3) is 0.484. The summed E-state index contributed by atoms with van der Waals surface area (Å²) in [5.41, 5.74) is 0.0258. The number of aromatic nitrogens is 6. The van der Waals surface area contributed by atoms with E-state index < -0.39 is 5.67 Å². The van der Waals surface area contributed by atoms with Gasteiger partial charge < -0.3 is 25.0 Å². The molecule has 2 N–H and O–H groups in total. The minimum Gasteiger partial charge on any atom is -0.490 e. The second-order valence-corrected chi connectivity index (χ2v) is 14.0. The van der Waals surface area contributed by atoms with Gasteiger partial charge in [-0.3, -0.25) is 14.6 Å². The third kappa shape index (κ3) is 8.81. The summed E-state index contributed by atoms with van der Waals surface area (Å²) in [7, 11) is 1.61. The van der Waals surface area contributed by atoms with E-state index in [1.807, 2.05) is 17.0 Å². The molecule has 0 spiro atoms. The van der Waals surface area contributed by atoms with Crippen LogP contribution in [0.25, 0.3) is 0 Å². The molecule has 1 aliphatic carbocycles. The van der Waals surface area contributed by atoms with Crippen molar-refractivity contribution in [2.24, 2.45) is 0 Å². The van der Waals surface area contributed by atoms with Crippen molar-refractivity contribution in [3.63, 3.8) is 0 Å². The second kappa shape index (κ2) is 14.7. The van der Waals surface area contributed by atoms with Crippen molar-refractivity contribution in [1.82, 2.24) is 30.4 Å². The molecule has 2 amide bonds. The van der Waals surface area contributed by atoms with E-state index in [0.717, 1.165) is 35.7 Å². The Morgan fingerprint density at radius 2 is 1.60 bits per heavy atom. The number of alkyl halides is 1. The number of methoxy groups -OCH3 is 1. The number of ether oxygens (including phenoxy) is 2. The average molecular weight is 682 g/mol. The summed E-state index contributed by atoms with van der Waals surface area (Å²) in [5.74, 6) is 1.20. The van der Waals surface area contributed by atoms with Crippen LogP contribution >= 0.6 is 22.7 Å². The topological polar surface area (TPSA) is 157 Å². The lowest BCUT2D eigenvalue weighted by Gasteiger charge is -2.43. The van der Waals surface area contributed by atoms with Crippen molar-refractivity contribution in [1.29, 1.82) is 0 Å². The maximum atomic E-state index is 13.9. The van der Waals surface area contributed by atoms with Crippen LogP contribution in [0.5, 0.6) is 5.75 Å². The molecule has 2 aliphatic rings. The van der Waals surface area contributed by atoms with Crippen LogP contribution in [-0.4, -0.2) is 81.3 Å². The van der Waals surface area contributed by atoms with Gasteiger partial charge in [0.05, 0.1) is 44.4 Å². The summed E-state index contributed by atoms with van der Waals surface area (Å²) in [6.45, 7) is 3.07. The first kappa shape index (κ1) is 32.8. The largest absolute Gasteiger partial charge is 0.490 e. The van der Waals surface area contributed by atoms with Crippen molar-refractivity contribution < 1.29 is 23.5 Å². The van der Waals surface area contributed by atoms with Gasteiger partial charge >= 0.3 is 0 Å². The van der Waals surface area contributed by atoms with Crippen molar-refractivity contribution >= 4 is 50.6 Å². The van der Waals surface area contributed by atoms with Gasteiger partial charge in [0.2, 0.25) is 22.1 Å². The van der Waals surface area contributed by atoms with Crippen LogP contribution in [0.1, 0.15) is 65.8 Å². The maximum Gasteiger partial charge on any atom is 0.232 e. The van der Waals surface area contributed by atoms with Gasteiger partial charge in [0.1, 0.15) is 33.9 Å². The monoisotopic (exact) mass is 681 g/mol. The number of pyridine rings is 2. The lowest BCUT2D eigenvalue weighted by Crippen LogP contribution is -2.57. The zero-order chi connectivity index (χ0) is 32.8. The van der Waals surface area contributed by atoms with Crippen molar-refractivity contribution in [2.45, 2.75) is 63.0 Å². The smallest absolute Gasteiger partial charge is 0.232 e. The van der Waals surface area contributed by atoms with E-state index >= 15 is 0 Å². The lowest BCUT2D eigenvalue weighted by atomic mass is 9.82. The van der Waals surface area contributed by atoms with Crippen LogP contribution in [-0.2, 0) is 27.2 Å². The van der Waals surface area contributed by atoms with Crippen LogP contribution in [0, 0.1) is 0 Å². The number of halogens is 1. The van der Waals surface area contributed by atoms with Crippen molar-refractivity contribution in [3.8, 4) is 5.75 Å². The number of nitrogens with zero attached hydrogens (tertiary/aromatic N) is 7. The average Bonchev–Trinajstić information content (AvgIpc) is 3.71. The van der Waals surface area contributed by atoms with Crippen LogP contribution in [0.15, 0.2) is 36.5 Å². The third-order valence-corrected chi connectivity index (χ3v) is 9.94. The predicted octanol–water partition coefficient (Wildman–Crippen LogP) is 4.56. The molecular formula is C31H36FN9O4S2. The Kier molecular flexibility index (Phi) is 10.3. The number of nitrogens with one attached hydrogen (secondary N) is 2. The quantitative estimate of drug-likeness (QED) is 0.191. The lowest BCUT2D eigenvalue weighted by molar-refractivity contribution is -0.116. The number of anilines is 3. The summed E-state index contributed by atoms with van der Waals surface area (Å²) < 4.78 is 24.4. The predicted molar refractivity (Wildman–Crippen MR) is 176 cm³/mol. The van der Waals surface area contributed by atoms with E-state index in [4.69, 9.17) is 9.47 Å². The molecule has 0 aromatic carbocycles. The van der Waals surface area contributed by atoms with Crippen LogP contribution in [0.2, 0.25) is 0 Å². The standard InChI is InChI=1S/C31H36FN9O4S2/c1-31(32)17-41(18-31)24-8-4-7-22(34-24)15-26(43)36-30-40-38-28(47-30)20-6-3-5-19(13-20)27-37-39-29(46-27)35-25(42)14-21-9-10-23(16-33-21)45-12-11-44-2/h4,7-10,16,19-20H,3,5-6,11-15,17-18H2,1-2H3,(H,35,39,42)(H,36,40,43)/t19-,20-/m0/s1. The van der Waals surface area contributed by atoms with Gasteiger partial charge in [0.15, 0.2) is 0 Å². The summed E-state index contributed by atoms with van der Waals surface area (Å²) in [5, 5.41) is 25.6. The van der Waals surface area contributed by atoms with Gasteiger partial charge in [-0.1, -0.05) is 35.2 Å². The Balaban J connectivity index is 0.976. The third-order valence-electron chi connectivity index (χ3n) is 7.94. The van der Waals surface area contributed by atoms with Gasteiger partial charge in [-0.15, -0.1) is 20.4 Å². The summed E-state index contributed by atoms with van der Waals surface area (Å²) in [6, 6.07) is 8.97. The molecule has 2 fully saturated rings. The Labute approximate surface area is 279 Å². The molecule has 13 nitrogen and oxygen atoms in total. The molecule has 1 saturated carbocycles. The van der Waals surface area contributed by atoms with Crippen LogP contribution in [0.3, 0.4) is 0 Å². The molecule has 4 aromatic rings. The zero-order valence-corrected chi connectivity index (χ0v) is 27.8. The molecule has 0 unspecified atom stereocenters. The Morgan fingerprint density at radius 3 is 2.19 bits per heavy atom. The molecule has 0 radical (unpaired) electrons. The SMILES string of the molecule is COCCOc1ccc(CC(=O)Nc2nnc([C@H]3CCC[C@H](c4nnc(NC(=O)Cc5cccc(N6CC(C)(F)C6)n5)s4)C3)s2)nc1. The second-order valence-electron chi connectivity index (χ2n) is 12.0. The molecule has 2 atom stereocenters. The number of hydrogen-bond acceptors (Lipinski definition) is 13. The molecule has 1 aliphatic heterocycles. The minimum atomic E-state index is -1.20. The summed E-state index contributed by atoms with van der Waals surface area (Å²) in [4.78, 5) is 36.1. The van der Waals surface area contributed by atoms with Gasteiger partial charge in [0, 0.05) is 24.6 Å². The first-order chi connectivity index (χ1) is 22.7. The van der Waals surface area contributed by atoms with E-state index in [2.05, 4.69) is 41.0 Å². The molecule has 0 bridgehead atoms. The fourth-order valence-electron chi connectivity index (χ4n) is 5.69. The number of carbonyl (C=O) groups is 2. The number of carbonyl (C=O) groups excluding carboxylic acids is 2. The fourth-order valence-corrected chi connectivity index (χ4v) is 7.51. The van der Waals surface area contributed by atoms with Gasteiger partial charge in [-0.25, -0.2) is 9.37 Å². The molecular weight excluding hydrogens is 646 g/mol. The van der Waals surface area contributed by atoms with E-state index in [-0.39, 0.29) is 36.5 Å². The van der Waals surface area contributed by atoms with Crippen molar-refractivity contribution in [2.75, 3.05) is 48.9 Å². The van der Waals surface area contributed by atoms with Gasteiger partial charge in [-0.2, -0.15) is 0 Å². The summed E-state index contributed by atoms with van der Waals surface area (Å²) in [6.07, 6.45) is 5.54. The molecule has 248 valence electrons. The first-order valence-electron chi connectivity index (χ1n) is 15.5. The number of hydrogen-bond donors (Lipinski definition) is 2. The number of amides is 2. The molecule has 5 heterocycles. The highest BCUT2D eigenvalue weighted by Gasteiger charge is 2.39. The minimum absolute atomic E-state index is 0.0813. The Bertz CT molecular complexity index is 1680. The molecule has 4 aromatic heterocycles. The van der Waals surface area contributed by atoms with E-state index in [9.17, 15) is 14.0 Å². The molecule has 16 heteroatoms. The van der Waals surface area contributed by atoms with E-state index in [1.165, 1.54) is 22.7 Å². The number of rotatable bonds is 13. The van der Waals surface area contributed by atoms with E-state index in [1.54, 1.807) is 38.4 Å². The maximum absolute atomic E-state index is 13.9. The highest BCUT2D eigenvalue weighted by molar-refractivity contribution is 7.15. The molecule has 1 saturated heterocycles. The van der Waals surface area contributed by atoms with Crippen molar-refractivity contribution in [3.05, 3.63) is 57.9 Å². The highest BCUT2D eigenvalue weighted by Crippen LogP contribution is 2.43. The normalized spacial score (nSPS) is 18.7. The molecule has 47 heavy (non-hydrogen) atoms. The molecule has 6 rings (SSSR count). The Morgan fingerprint density at radius 1 is 0.936 bits per heavy atom. The van der Waals surface area contributed by atoms with Gasteiger partial charge in [0.25, 0.3) is 0 Å². The summed E-state index contributed by atoms with van der Waals surface area (Å²) >= 11 is 2.77. The van der Waals surface area contributed by atoms with Crippen LogP contribution in [0.4, 0.5) is 20.5 Å². The zero-order valence-electron chi connectivity index (χ0n) is 26.1. The first-order valence-corrected chi connectivity index (χ1v) is 17.1. The highest BCUT2D eigenvalue weighted by atomic mass is 32.1. The van der Waals surface area contributed by atoms with Gasteiger partial charge in [-0.05, 0) is 50.5 Å². The Hall–Kier alpha value is -4.15.